The lowest BCUT2D eigenvalue weighted by Gasteiger charge is -2.02. The number of amides is 1. The number of carbonyl (C=O) groups is 1. The van der Waals surface area contributed by atoms with Crippen molar-refractivity contribution < 1.29 is 14.3 Å². The van der Waals surface area contributed by atoms with E-state index in [0.717, 1.165) is 35.2 Å². The molecule has 2 aromatic rings. The minimum atomic E-state index is -0.244. The summed E-state index contributed by atoms with van der Waals surface area (Å²) in [7, 11) is 1.64. The fourth-order valence-corrected chi connectivity index (χ4v) is 2.37. The first-order valence-electron chi connectivity index (χ1n) is 7.16. The molecule has 1 aliphatic carbocycles. The molecule has 1 aromatic heterocycles. The minimum Gasteiger partial charge on any atom is -0.497 e. The van der Waals surface area contributed by atoms with Crippen LogP contribution in [0.4, 0.5) is 0 Å². The molecule has 1 fully saturated rings. The van der Waals surface area contributed by atoms with E-state index in [-0.39, 0.29) is 12.0 Å². The lowest BCUT2D eigenvalue weighted by Crippen LogP contribution is -2.14. The number of methoxy groups -OCH3 is 1. The number of carbonyl (C=O) groups excluding carboxylic acids is 1. The number of nitrogens with zero attached hydrogens (tertiary/aromatic N) is 1. The second-order valence-corrected chi connectivity index (χ2v) is 5.41. The van der Waals surface area contributed by atoms with E-state index in [1.165, 1.54) is 0 Å². The molecule has 6 nitrogen and oxygen atoms in total. The van der Waals surface area contributed by atoms with Crippen LogP contribution in [0.1, 0.15) is 18.5 Å². The number of hydrogen-bond acceptors (Lipinski definition) is 4. The van der Waals surface area contributed by atoms with Crippen molar-refractivity contribution in [3.8, 4) is 5.75 Å². The number of nitrogens with one attached hydrogen (secondary N) is 2. The molecule has 0 saturated heterocycles. The first-order chi connectivity index (χ1) is 10.7. The van der Waals surface area contributed by atoms with Gasteiger partial charge in [0.2, 0.25) is 5.90 Å². The minimum absolute atomic E-state index is 0.196. The summed E-state index contributed by atoms with van der Waals surface area (Å²) in [6, 6.07) is 7.74. The number of benzene rings is 1. The lowest BCUT2D eigenvalue weighted by molar-refractivity contribution is -0.116. The average molecular weight is 297 g/mol. The molecule has 1 amide bonds. The van der Waals surface area contributed by atoms with E-state index in [9.17, 15) is 4.79 Å². The molecule has 1 aromatic carbocycles. The zero-order chi connectivity index (χ0) is 15.1. The lowest BCUT2D eigenvalue weighted by atomic mass is 10.2. The Morgan fingerprint density at radius 2 is 2.18 bits per heavy atom. The molecule has 4 rings (SSSR count). The molecule has 2 heterocycles. The smallest absolute Gasteiger partial charge is 0.277 e. The quantitative estimate of drug-likeness (QED) is 0.853. The second kappa shape index (κ2) is 4.91. The van der Waals surface area contributed by atoms with Crippen molar-refractivity contribution in [2.24, 2.45) is 5.10 Å². The molecule has 0 radical (unpaired) electrons. The highest BCUT2D eigenvalue weighted by Gasteiger charge is 2.31. The molecule has 6 heteroatoms. The monoisotopic (exact) mass is 297 g/mol. The maximum absolute atomic E-state index is 11.9. The summed E-state index contributed by atoms with van der Waals surface area (Å²) in [6.07, 6.45) is 4.00. The van der Waals surface area contributed by atoms with E-state index in [1.807, 2.05) is 24.3 Å². The van der Waals surface area contributed by atoms with Gasteiger partial charge >= 0.3 is 0 Å². The van der Waals surface area contributed by atoms with Gasteiger partial charge in [-0.05, 0) is 43.2 Å². The Morgan fingerprint density at radius 1 is 1.32 bits per heavy atom. The van der Waals surface area contributed by atoms with Crippen molar-refractivity contribution in [2.75, 3.05) is 7.11 Å². The largest absolute Gasteiger partial charge is 0.497 e. The SMILES string of the molecule is COc1ccc2[nH]c(C=C3C(=O)NN=C3OC3CC3)cc2c1. The molecule has 2 aliphatic rings. The summed E-state index contributed by atoms with van der Waals surface area (Å²) >= 11 is 0. The Hall–Kier alpha value is -2.76. The molecule has 22 heavy (non-hydrogen) atoms. The van der Waals surface area contributed by atoms with Gasteiger partial charge in [0.15, 0.2) is 0 Å². The highest BCUT2D eigenvalue weighted by Crippen LogP contribution is 2.27. The first-order valence-corrected chi connectivity index (χ1v) is 7.16. The van der Waals surface area contributed by atoms with Gasteiger partial charge in [0, 0.05) is 16.6 Å². The molecule has 2 N–H and O–H groups in total. The summed E-state index contributed by atoms with van der Waals surface area (Å²) in [4.78, 5) is 15.2. The third-order valence-electron chi connectivity index (χ3n) is 3.69. The normalized spacial score (nSPS) is 19.4. The van der Waals surface area contributed by atoms with E-state index < -0.39 is 0 Å². The van der Waals surface area contributed by atoms with Crippen LogP contribution in [0.3, 0.4) is 0 Å². The number of aromatic nitrogens is 1. The van der Waals surface area contributed by atoms with Gasteiger partial charge in [-0.25, -0.2) is 5.43 Å². The fourth-order valence-electron chi connectivity index (χ4n) is 2.37. The summed E-state index contributed by atoms with van der Waals surface area (Å²) in [5, 5.41) is 4.97. The molecular formula is C16H15N3O3. The van der Waals surface area contributed by atoms with Crippen molar-refractivity contribution in [3.05, 3.63) is 35.5 Å². The summed E-state index contributed by atoms with van der Waals surface area (Å²) in [6.45, 7) is 0. The molecular weight excluding hydrogens is 282 g/mol. The average Bonchev–Trinajstić information content (AvgIpc) is 3.15. The number of H-pyrrole nitrogens is 1. The Kier molecular flexibility index (Phi) is 2.89. The van der Waals surface area contributed by atoms with E-state index >= 15 is 0 Å². The van der Waals surface area contributed by atoms with E-state index in [4.69, 9.17) is 9.47 Å². The molecule has 0 spiro atoms. The summed E-state index contributed by atoms with van der Waals surface area (Å²) < 4.78 is 10.9. The van der Waals surface area contributed by atoms with Crippen LogP contribution in [0.2, 0.25) is 0 Å². The molecule has 0 bridgehead atoms. The summed E-state index contributed by atoms with van der Waals surface area (Å²) in [5.74, 6) is 0.930. The summed E-state index contributed by atoms with van der Waals surface area (Å²) in [5.41, 5.74) is 4.70. The van der Waals surface area contributed by atoms with Gasteiger partial charge in [0.25, 0.3) is 5.91 Å². The maximum Gasteiger partial charge on any atom is 0.277 e. The van der Waals surface area contributed by atoms with Crippen LogP contribution in [-0.4, -0.2) is 30.0 Å². The van der Waals surface area contributed by atoms with Crippen molar-refractivity contribution in [1.29, 1.82) is 0 Å². The Bertz CT molecular complexity index is 815. The molecule has 0 unspecified atom stereocenters. The van der Waals surface area contributed by atoms with Gasteiger partial charge in [-0.2, -0.15) is 0 Å². The first kappa shape index (κ1) is 12.9. The van der Waals surface area contributed by atoms with Crippen LogP contribution in [0.5, 0.6) is 5.75 Å². The third kappa shape index (κ3) is 2.32. The Morgan fingerprint density at radius 3 is 2.95 bits per heavy atom. The van der Waals surface area contributed by atoms with Gasteiger partial charge < -0.3 is 14.5 Å². The van der Waals surface area contributed by atoms with Crippen LogP contribution in [0.25, 0.3) is 17.0 Å². The maximum atomic E-state index is 11.9. The number of fused-ring (bicyclic) bond motifs is 1. The topological polar surface area (TPSA) is 75.7 Å². The van der Waals surface area contributed by atoms with E-state index in [1.54, 1.807) is 13.2 Å². The Labute approximate surface area is 126 Å². The predicted molar refractivity (Wildman–Crippen MR) is 82.5 cm³/mol. The predicted octanol–water partition coefficient (Wildman–Crippen LogP) is 2.18. The highest BCUT2D eigenvalue weighted by molar-refractivity contribution is 6.24. The van der Waals surface area contributed by atoms with Crippen molar-refractivity contribution in [1.82, 2.24) is 10.4 Å². The molecule has 1 aliphatic heterocycles. The zero-order valence-electron chi connectivity index (χ0n) is 12.1. The number of ether oxygens (including phenoxy) is 2. The standard InChI is InChI=1S/C16H15N3O3/c1-21-12-4-5-14-9(7-12)6-10(17-14)8-13-15(20)18-19-16(13)22-11-2-3-11/h4-8,11,17H,2-3H2,1H3,(H,18,20). The van der Waals surface area contributed by atoms with Gasteiger partial charge in [-0.15, -0.1) is 5.10 Å². The van der Waals surface area contributed by atoms with Gasteiger partial charge in [-0.1, -0.05) is 0 Å². The van der Waals surface area contributed by atoms with Gasteiger partial charge in [0.1, 0.15) is 17.4 Å². The number of hydrazone groups is 1. The van der Waals surface area contributed by atoms with Crippen LogP contribution in [0, 0.1) is 0 Å². The number of rotatable bonds is 3. The number of hydrogen-bond donors (Lipinski definition) is 2. The zero-order valence-corrected chi connectivity index (χ0v) is 12.1. The van der Waals surface area contributed by atoms with Gasteiger partial charge in [-0.3, -0.25) is 4.79 Å². The van der Waals surface area contributed by atoms with E-state index in [2.05, 4.69) is 15.5 Å². The van der Waals surface area contributed by atoms with Crippen molar-refractivity contribution in [2.45, 2.75) is 18.9 Å². The second-order valence-electron chi connectivity index (χ2n) is 5.41. The fraction of sp³-hybridized carbons (Fsp3) is 0.250. The van der Waals surface area contributed by atoms with Gasteiger partial charge in [0.05, 0.1) is 7.11 Å². The van der Waals surface area contributed by atoms with Crippen LogP contribution >= 0.6 is 0 Å². The molecule has 112 valence electrons. The van der Waals surface area contributed by atoms with Crippen LogP contribution in [-0.2, 0) is 9.53 Å². The van der Waals surface area contributed by atoms with Crippen LogP contribution in [0.15, 0.2) is 34.9 Å². The number of aromatic amines is 1. The Balaban J connectivity index is 1.68. The molecule has 1 saturated carbocycles. The van der Waals surface area contributed by atoms with Crippen molar-refractivity contribution >= 4 is 28.8 Å². The highest BCUT2D eigenvalue weighted by atomic mass is 16.5. The van der Waals surface area contributed by atoms with Crippen molar-refractivity contribution in [3.63, 3.8) is 0 Å². The van der Waals surface area contributed by atoms with E-state index in [0.29, 0.717) is 11.5 Å². The van der Waals surface area contributed by atoms with Crippen LogP contribution < -0.4 is 10.2 Å². The molecule has 0 atom stereocenters. The third-order valence-corrected chi connectivity index (χ3v) is 3.69.